The highest BCUT2D eigenvalue weighted by Gasteiger charge is 2.26. The lowest BCUT2D eigenvalue weighted by Gasteiger charge is -2.21. The molecular formula is C13H15BrClNO4S. The van der Waals surface area contributed by atoms with Crippen LogP contribution in [0, 0.1) is 0 Å². The number of carboxylic acid groups (broad SMARTS) is 1. The molecule has 1 aromatic rings. The van der Waals surface area contributed by atoms with E-state index in [0.717, 1.165) is 6.07 Å². The van der Waals surface area contributed by atoms with Gasteiger partial charge in [-0.2, -0.15) is 4.31 Å². The highest BCUT2D eigenvalue weighted by molar-refractivity contribution is 9.10. The lowest BCUT2D eigenvalue weighted by atomic mass is 10.2. The molecule has 0 radical (unpaired) electrons. The molecule has 0 aliphatic rings. The van der Waals surface area contributed by atoms with Crippen molar-refractivity contribution in [3.05, 3.63) is 39.3 Å². The van der Waals surface area contributed by atoms with E-state index in [-0.39, 0.29) is 33.0 Å². The SMILES string of the molecule is C=C(C)CN(CC)S(=O)(=O)c1cc(Br)c(Cl)c(C(=O)O)c1. The van der Waals surface area contributed by atoms with Gasteiger partial charge in [-0.3, -0.25) is 0 Å². The molecular weight excluding hydrogens is 382 g/mol. The Hall–Kier alpha value is -0.890. The summed E-state index contributed by atoms with van der Waals surface area (Å²) in [5.74, 6) is -1.29. The van der Waals surface area contributed by atoms with Crippen molar-refractivity contribution in [1.29, 1.82) is 0 Å². The predicted molar refractivity (Wildman–Crippen MR) is 85.4 cm³/mol. The standard InChI is InChI=1S/C13H15BrClNO4S/c1-4-16(7-8(2)3)21(19,20)9-5-10(13(17)18)12(15)11(14)6-9/h5-6H,2,4,7H2,1,3H3,(H,17,18). The van der Waals surface area contributed by atoms with Gasteiger partial charge in [0.2, 0.25) is 10.0 Å². The third kappa shape index (κ3) is 4.06. The fraction of sp³-hybridized carbons (Fsp3) is 0.308. The summed E-state index contributed by atoms with van der Waals surface area (Å²) < 4.78 is 26.6. The molecule has 8 heteroatoms. The number of carbonyl (C=O) groups is 1. The molecule has 0 bridgehead atoms. The van der Waals surface area contributed by atoms with E-state index in [1.54, 1.807) is 13.8 Å². The lowest BCUT2D eigenvalue weighted by molar-refractivity contribution is 0.0696. The average Bonchev–Trinajstić information content (AvgIpc) is 2.37. The number of hydrogen-bond acceptors (Lipinski definition) is 3. The van der Waals surface area contributed by atoms with Gasteiger partial charge in [-0.05, 0) is 35.0 Å². The van der Waals surface area contributed by atoms with Gasteiger partial charge in [0.05, 0.1) is 15.5 Å². The zero-order valence-corrected chi connectivity index (χ0v) is 14.7. The molecule has 116 valence electrons. The van der Waals surface area contributed by atoms with Crippen molar-refractivity contribution in [2.75, 3.05) is 13.1 Å². The second-order valence-electron chi connectivity index (χ2n) is 4.46. The van der Waals surface area contributed by atoms with Crippen LogP contribution in [0.4, 0.5) is 0 Å². The summed E-state index contributed by atoms with van der Waals surface area (Å²) in [5, 5.41) is 9.06. The van der Waals surface area contributed by atoms with E-state index in [9.17, 15) is 13.2 Å². The first-order valence-electron chi connectivity index (χ1n) is 5.98. The van der Waals surface area contributed by atoms with Crippen LogP contribution < -0.4 is 0 Å². The number of carboxylic acids is 1. The summed E-state index contributed by atoms with van der Waals surface area (Å²) in [6, 6.07) is 2.36. The summed E-state index contributed by atoms with van der Waals surface area (Å²) in [5.41, 5.74) is 0.419. The van der Waals surface area contributed by atoms with E-state index < -0.39 is 16.0 Å². The van der Waals surface area contributed by atoms with E-state index in [0.29, 0.717) is 5.57 Å². The second-order valence-corrected chi connectivity index (χ2v) is 7.63. The summed E-state index contributed by atoms with van der Waals surface area (Å²) >= 11 is 8.94. The quantitative estimate of drug-likeness (QED) is 0.748. The second kappa shape index (κ2) is 6.91. The molecule has 0 amide bonds. The molecule has 0 aromatic heterocycles. The van der Waals surface area contributed by atoms with Crippen LogP contribution in [-0.2, 0) is 10.0 Å². The van der Waals surface area contributed by atoms with Gasteiger partial charge in [-0.1, -0.05) is 30.7 Å². The fourth-order valence-corrected chi connectivity index (χ4v) is 4.05. The minimum atomic E-state index is -3.82. The number of halogens is 2. The first-order valence-corrected chi connectivity index (χ1v) is 8.59. The van der Waals surface area contributed by atoms with Crippen molar-refractivity contribution in [2.24, 2.45) is 0 Å². The molecule has 0 unspecified atom stereocenters. The van der Waals surface area contributed by atoms with Crippen molar-refractivity contribution in [2.45, 2.75) is 18.7 Å². The van der Waals surface area contributed by atoms with E-state index in [1.165, 1.54) is 10.4 Å². The average molecular weight is 397 g/mol. The highest BCUT2D eigenvalue weighted by atomic mass is 79.9. The molecule has 0 fully saturated rings. The van der Waals surface area contributed by atoms with Gasteiger partial charge in [0.15, 0.2) is 0 Å². The van der Waals surface area contributed by atoms with Crippen molar-refractivity contribution in [3.63, 3.8) is 0 Å². The molecule has 1 N–H and O–H groups in total. The van der Waals surface area contributed by atoms with Gasteiger partial charge in [-0.25, -0.2) is 13.2 Å². The van der Waals surface area contributed by atoms with Crippen molar-refractivity contribution in [3.8, 4) is 0 Å². The maximum absolute atomic E-state index is 12.6. The predicted octanol–water partition coefficient (Wildman–Crippen LogP) is 3.39. The van der Waals surface area contributed by atoms with Gasteiger partial charge in [-0.15, -0.1) is 0 Å². The van der Waals surface area contributed by atoms with Crippen LogP contribution in [0.25, 0.3) is 0 Å². The Morgan fingerprint density at radius 3 is 2.48 bits per heavy atom. The molecule has 0 spiro atoms. The third-order valence-electron chi connectivity index (χ3n) is 2.67. The molecule has 1 rings (SSSR count). The summed E-state index contributed by atoms with van der Waals surface area (Å²) in [4.78, 5) is 11.0. The van der Waals surface area contributed by atoms with E-state index >= 15 is 0 Å². The Morgan fingerprint density at radius 2 is 2.05 bits per heavy atom. The number of hydrogen-bond donors (Lipinski definition) is 1. The number of benzene rings is 1. The number of sulfonamides is 1. The molecule has 0 aliphatic heterocycles. The first kappa shape index (κ1) is 18.2. The van der Waals surface area contributed by atoms with Crippen LogP contribution in [0.2, 0.25) is 5.02 Å². The maximum Gasteiger partial charge on any atom is 0.337 e. The summed E-state index contributed by atoms with van der Waals surface area (Å²) in [6.07, 6.45) is 0. The molecule has 1 aromatic carbocycles. The Bertz CT molecular complexity index is 688. The van der Waals surface area contributed by atoms with Crippen molar-refractivity contribution in [1.82, 2.24) is 4.31 Å². The number of likely N-dealkylation sites (N-methyl/N-ethyl adjacent to an activating group) is 1. The molecule has 5 nitrogen and oxygen atoms in total. The molecule has 0 saturated heterocycles. The van der Waals surface area contributed by atoms with E-state index in [1.807, 2.05) is 0 Å². The van der Waals surface area contributed by atoms with Gasteiger partial charge in [0.1, 0.15) is 0 Å². The minimum absolute atomic E-state index is 0.0376. The van der Waals surface area contributed by atoms with Crippen LogP contribution in [-0.4, -0.2) is 36.9 Å². The smallest absolute Gasteiger partial charge is 0.337 e. The third-order valence-corrected chi connectivity index (χ3v) is 5.83. The van der Waals surface area contributed by atoms with Crippen molar-refractivity contribution >= 4 is 43.5 Å². The number of aromatic carboxylic acids is 1. The zero-order valence-electron chi connectivity index (χ0n) is 11.6. The lowest BCUT2D eigenvalue weighted by Crippen LogP contribution is -2.32. The number of nitrogens with zero attached hydrogens (tertiary/aromatic N) is 1. The summed E-state index contributed by atoms with van der Waals surface area (Å²) in [6.45, 7) is 7.53. The summed E-state index contributed by atoms with van der Waals surface area (Å²) in [7, 11) is -3.82. The molecule has 0 aliphatic carbocycles. The Balaban J connectivity index is 3.44. The van der Waals surface area contributed by atoms with Crippen LogP contribution in [0.3, 0.4) is 0 Å². The van der Waals surface area contributed by atoms with Gasteiger partial charge in [0, 0.05) is 17.6 Å². The van der Waals surface area contributed by atoms with Crippen molar-refractivity contribution < 1.29 is 18.3 Å². The number of rotatable bonds is 6. The minimum Gasteiger partial charge on any atom is -0.478 e. The van der Waals surface area contributed by atoms with Crippen LogP contribution in [0.15, 0.2) is 33.7 Å². The van der Waals surface area contributed by atoms with Crippen LogP contribution in [0.1, 0.15) is 24.2 Å². The molecule has 21 heavy (non-hydrogen) atoms. The fourth-order valence-electron chi connectivity index (χ4n) is 1.69. The van der Waals surface area contributed by atoms with E-state index in [2.05, 4.69) is 22.5 Å². The maximum atomic E-state index is 12.6. The molecule has 0 atom stereocenters. The molecule has 0 heterocycles. The largest absolute Gasteiger partial charge is 0.478 e. The van der Waals surface area contributed by atoms with E-state index in [4.69, 9.17) is 16.7 Å². The van der Waals surface area contributed by atoms with Crippen LogP contribution >= 0.6 is 27.5 Å². The van der Waals surface area contributed by atoms with Gasteiger partial charge in [0.25, 0.3) is 0 Å². The molecule has 0 saturated carbocycles. The highest BCUT2D eigenvalue weighted by Crippen LogP contribution is 2.31. The van der Waals surface area contributed by atoms with Gasteiger partial charge >= 0.3 is 5.97 Å². The zero-order chi connectivity index (χ0) is 16.4. The Kier molecular flexibility index (Phi) is 5.98. The monoisotopic (exact) mass is 395 g/mol. The first-order chi connectivity index (χ1) is 9.61. The Morgan fingerprint density at radius 1 is 1.48 bits per heavy atom. The topological polar surface area (TPSA) is 74.7 Å². The Labute approximate surface area is 137 Å². The van der Waals surface area contributed by atoms with Gasteiger partial charge < -0.3 is 5.11 Å². The van der Waals surface area contributed by atoms with Crippen LogP contribution in [0.5, 0.6) is 0 Å². The normalized spacial score (nSPS) is 11.7.